The molecule has 55 heavy (non-hydrogen) atoms. The van der Waals surface area contributed by atoms with Crippen LogP contribution >= 0.6 is 24.1 Å². The summed E-state index contributed by atoms with van der Waals surface area (Å²) in [6.07, 6.45) is 5.90. The first-order chi connectivity index (χ1) is 26.1. The molecule has 1 amide bonds. The van der Waals surface area contributed by atoms with E-state index < -0.39 is 82.1 Å². The van der Waals surface area contributed by atoms with Crippen molar-refractivity contribution in [2.24, 2.45) is 5.10 Å². The Kier molecular flexibility index (Phi) is 14.4. The third kappa shape index (κ3) is 10.2. The van der Waals surface area contributed by atoms with E-state index in [2.05, 4.69) is 28.9 Å². The molecule has 1 aliphatic rings. The van der Waals surface area contributed by atoms with Gasteiger partial charge in [0.25, 0.3) is 26.1 Å². The summed E-state index contributed by atoms with van der Waals surface area (Å²) in [5, 5.41) is 43.6. The Labute approximate surface area is 318 Å². The number of ether oxygens (including phenoxy) is 2. The summed E-state index contributed by atoms with van der Waals surface area (Å²) in [5.74, 6) is -4.00. The Morgan fingerprint density at radius 3 is 1.91 bits per heavy atom. The number of aromatic hydroxyl groups is 1. The molecular formula is C29H26N4O18S4. The zero-order valence-corrected chi connectivity index (χ0v) is 31.0. The van der Waals surface area contributed by atoms with E-state index in [0.29, 0.717) is 33.8 Å². The number of nitrogens with zero attached hydrogens (tertiary/aromatic N) is 4. The molecule has 0 fully saturated rings. The maximum Gasteiger partial charge on any atom is 0.359 e. The summed E-state index contributed by atoms with van der Waals surface area (Å²) in [5.41, 5.74) is -2.80. The van der Waals surface area contributed by atoms with Crippen molar-refractivity contribution < 1.29 is 84.2 Å². The van der Waals surface area contributed by atoms with Crippen molar-refractivity contribution in [3.05, 3.63) is 77.5 Å². The van der Waals surface area contributed by atoms with Crippen LogP contribution in [0.5, 0.6) is 5.88 Å². The maximum absolute atomic E-state index is 13.6. The lowest BCUT2D eigenvalue weighted by Crippen LogP contribution is -2.24. The number of hydrogen-bond donors (Lipinski definition) is 5. The van der Waals surface area contributed by atoms with Crippen molar-refractivity contribution in [2.75, 3.05) is 18.2 Å². The van der Waals surface area contributed by atoms with Crippen molar-refractivity contribution in [1.82, 2.24) is 9.78 Å². The standard InChI is InChI=1S/C29H26N4O18S4/c1-3-46-28(36)24-18(26(34)32(30-24)20-14-16(52-50-48-38)10-12-22(20)54(40,41)42)8-6-5-7-9-19-25(29(37)47-4-2)31-33(27(19)35)21-15-17(53-51-49-39)11-13-23(21)55(43,44)45/h5-15,34,38-39H,3-4H2,1-2H3,(H,40,41,42)(H,43,44,45)/b7-5-,8-6-,19-9-. The molecule has 0 radical (unpaired) electrons. The molecule has 0 unspecified atom stereocenters. The number of carbonyl (C=O) groups is 3. The molecule has 0 bridgehead atoms. The van der Waals surface area contributed by atoms with Crippen LogP contribution in [0.25, 0.3) is 11.8 Å². The normalized spacial score (nSPS) is 14.4. The first kappa shape index (κ1) is 42.8. The molecule has 0 atom stereocenters. The van der Waals surface area contributed by atoms with E-state index in [4.69, 9.17) is 20.0 Å². The molecular weight excluding hydrogens is 821 g/mol. The Bertz CT molecular complexity index is 2320. The smallest absolute Gasteiger partial charge is 0.359 e. The van der Waals surface area contributed by atoms with Crippen LogP contribution in [0.2, 0.25) is 0 Å². The van der Waals surface area contributed by atoms with Crippen molar-refractivity contribution in [1.29, 1.82) is 0 Å². The van der Waals surface area contributed by atoms with Gasteiger partial charge in [0, 0.05) is 9.79 Å². The Balaban J connectivity index is 1.76. The molecule has 1 aliphatic heterocycles. The Morgan fingerprint density at radius 1 is 0.818 bits per heavy atom. The van der Waals surface area contributed by atoms with Crippen LogP contribution in [0.3, 0.4) is 0 Å². The highest BCUT2D eigenvalue weighted by atomic mass is 32.2. The molecule has 294 valence electrons. The fraction of sp³-hybridized carbons (Fsp3) is 0.138. The van der Waals surface area contributed by atoms with Gasteiger partial charge in [-0.1, -0.05) is 28.3 Å². The Morgan fingerprint density at radius 2 is 1.36 bits per heavy atom. The first-order valence-corrected chi connectivity index (χ1v) is 19.1. The number of aromatic nitrogens is 2. The van der Waals surface area contributed by atoms with E-state index in [1.54, 1.807) is 0 Å². The van der Waals surface area contributed by atoms with Gasteiger partial charge in [-0.2, -0.15) is 36.7 Å². The van der Waals surface area contributed by atoms with Crippen molar-refractivity contribution in [2.45, 2.75) is 33.4 Å². The van der Waals surface area contributed by atoms with Crippen LogP contribution in [-0.4, -0.2) is 88.1 Å². The fourth-order valence-corrected chi connectivity index (χ4v) is 6.60. The predicted octanol–water partition coefficient (Wildman–Crippen LogP) is 3.57. The average molecular weight is 847 g/mol. The largest absolute Gasteiger partial charge is 0.493 e. The third-order valence-corrected chi connectivity index (χ3v) is 9.61. The van der Waals surface area contributed by atoms with Gasteiger partial charge in [-0.05, 0) is 62.4 Å². The van der Waals surface area contributed by atoms with Crippen molar-refractivity contribution >= 4 is 79.6 Å². The summed E-state index contributed by atoms with van der Waals surface area (Å²) in [6, 6.07) is 6.20. The van der Waals surface area contributed by atoms with Crippen LogP contribution < -0.4 is 5.01 Å². The second-order valence-electron chi connectivity index (χ2n) is 9.99. The lowest BCUT2D eigenvalue weighted by molar-refractivity contribution is -0.432. The van der Waals surface area contributed by atoms with Gasteiger partial charge in [-0.3, -0.25) is 13.9 Å². The van der Waals surface area contributed by atoms with Crippen LogP contribution in [0.1, 0.15) is 29.9 Å². The highest BCUT2D eigenvalue weighted by Gasteiger charge is 2.38. The van der Waals surface area contributed by atoms with Crippen LogP contribution in [0, 0.1) is 0 Å². The summed E-state index contributed by atoms with van der Waals surface area (Å²) in [6.45, 7) is 2.70. The van der Waals surface area contributed by atoms with Gasteiger partial charge in [0.15, 0.2) is 11.4 Å². The SMILES string of the molecule is CCOC(=O)C1=NN(c2cc(SOOO)ccc2S(=O)(=O)O)C(=O)\C1=C/C=C\C=C/c1c(C(=O)OCC)nn(-c2cc(SOOO)ccc2S(=O)(=O)O)c1O. The first-order valence-electron chi connectivity index (χ1n) is 14.7. The summed E-state index contributed by atoms with van der Waals surface area (Å²) >= 11 is 0.795. The van der Waals surface area contributed by atoms with E-state index in [1.807, 2.05) is 0 Å². The van der Waals surface area contributed by atoms with E-state index in [-0.39, 0.29) is 28.6 Å². The molecule has 2 heterocycles. The molecule has 0 saturated heterocycles. The molecule has 2 aromatic carbocycles. The van der Waals surface area contributed by atoms with Crippen LogP contribution in [-0.2, 0) is 58.0 Å². The molecule has 0 spiro atoms. The second kappa shape index (κ2) is 18.6. The van der Waals surface area contributed by atoms with Crippen LogP contribution in [0.15, 0.2) is 91.0 Å². The van der Waals surface area contributed by atoms with E-state index in [9.17, 15) is 45.4 Å². The van der Waals surface area contributed by atoms with Gasteiger partial charge in [-0.15, -0.1) is 8.67 Å². The van der Waals surface area contributed by atoms with E-state index >= 15 is 0 Å². The quantitative estimate of drug-likeness (QED) is 0.0247. The van der Waals surface area contributed by atoms with Crippen molar-refractivity contribution in [3.8, 4) is 11.6 Å². The highest BCUT2D eigenvalue weighted by molar-refractivity contribution is 7.94. The molecule has 1 aromatic heterocycles. The number of benzene rings is 2. The molecule has 0 aliphatic carbocycles. The van der Waals surface area contributed by atoms with Gasteiger partial charge in [0.1, 0.15) is 9.79 Å². The van der Waals surface area contributed by atoms with Gasteiger partial charge in [-0.25, -0.2) is 20.1 Å². The molecule has 4 rings (SSSR count). The molecule has 0 saturated carbocycles. The molecule has 22 nitrogen and oxygen atoms in total. The molecule has 26 heteroatoms. The van der Waals surface area contributed by atoms with Crippen LogP contribution in [0.4, 0.5) is 5.69 Å². The van der Waals surface area contributed by atoms with Gasteiger partial charge in [0.05, 0.1) is 59.8 Å². The molecule has 3 aromatic rings. The zero-order chi connectivity index (χ0) is 40.5. The average Bonchev–Trinajstić information content (AvgIpc) is 3.64. The van der Waals surface area contributed by atoms with Crippen molar-refractivity contribution in [3.63, 3.8) is 0 Å². The summed E-state index contributed by atoms with van der Waals surface area (Å²) < 4.78 is 87.6. The minimum absolute atomic E-state index is 0.0551. The summed E-state index contributed by atoms with van der Waals surface area (Å²) in [4.78, 5) is 37.8. The number of allylic oxidation sites excluding steroid dienone is 4. The number of esters is 2. The Hall–Kier alpha value is -4.97. The maximum atomic E-state index is 13.6. The topological polar surface area (TPSA) is 309 Å². The van der Waals surface area contributed by atoms with E-state index in [1.165, 1.54) is 32.1 Å². The zero-order valence-electron chi connectivity index (χ0n) is 27.7. The number of carbonyl (C=O) groups excluding carboxylic acids is 3. The lowest BCUT2D eigenvalue weighted by atomic mass is 10.1. The monoisotopic (exact) mass is 846 g/mol. The predicted molar refractivity (Wildman–Crippen MR) is 186 cm³/mol. The number of hydrogen-bond acceptors (Lipinski definition) is 20. The van der Waals surface area contributed by atoms with Gasteiger partial charge in [0.2, 0.25) is 5.88 Å². The second-order valence-corrected chi connectivity index (χ2v) is 14.3. The summed E-state index contributed by atoms with van der Waals surface area (Å²) in [7, 11) is -9.92. The van der Waals surface area contributed by atoms with Gasteiger partial charge >= 0.3 is 11.9 Å². The fourth-order valence-electron chi connectivity index (χ4n) is 4.51. The molecule has 5 N–H and O–H groups in total. The highest BCUT2D eigenvalue weighted by Crippen LogP contribution is 2.36. The minimum atomic E-state index is -4.97. The number of amides is 1. The third-order valence-electron chi connectivity index (χ3n) is 6.65. The number of rotatable bonds is 17. The minimum Gasteiger partial charge on any atom is -0.493 e. The van der Waals surface area contributed by atoms with E-state index in [0.717, 1.165) is 48.6 Å². The number of hydrazone groups is 1. The number of anilines is 1. The van der Waals surface area contributed by atoms with Gasteiger partial charge < -0.3 is 14.6 Å². The lowest BCUT2D eigenvalue weighted by Gasteiger charge is -2.15.